The van der Waals surface area contributed by atoms with Crippen molar-refractivity contribution >= 4 is 21.8 Å². The second-order valence-electron chi connectivity index (χ2n) is 8.58. The van der Waals surface area contributed by atoms with Gasteiger partial charge in [-0.05, 0) is 30.2 Å². The number of aliphatic hydroxyl groups is 2. The van der Waals surface area contributed by atoms with Crippen molar-refractivity contribution in [1.29, 1.82) is 0 Å². The molecule has 1 aliphatic heterocycles. The number of fused-ring (bicyclic) bond motifs is 3. The zero-order valence-electron chi connectivity index (χ0n) is 18.7. The molecular weight excluding hydrogens is 500 g/mol. The normalized spacial score (nSPS) is 29.1. The lowest BCUT2D eigenvalue weighted by molar-refractivity contribution is -0.154. The molecule has 2 heterocycles. The van der Waals surface area contributed by atoms with Crippen molar-refractivity contribution in [3.8, 4) is 11.5 Å². The summed E-state index contributed by atoms with van der Waals surface area (Å²) in [6, 6.07) is 16.8. The number of carbonyl (C=O) groups excluding carboxylic acids is 1. The maximum atomic E-state index is 13.4. The quantitative estimate of drug-likeness (QED) is 0.473. The van der Waals surface area contributed by atoms with Crippen LogP contribution >= 0.6 is 15.9 Å². The standard InChI is InChI=1S/C26H25BrN2O5/c1-3-29-24(31)20-21(15-7-5-4-6-8-15)26(16-9-11-17(27)12-10-16)25(32,23(20)30)22-18(33-2)13-28-14-19(22)34-26/h4-14,20-21,23,30,32H,3H2,1-2H3,(H,29,31)/t20?,21?,23-,25?,26?/m1/s1. The van der Waals surface area contributed by atoms with E-state index in [0.29, 0.717) is 17.9 Å². The molecule has 1 aliphatic carbocycles. The Morgan fingerprint density at radius 2 is 1.88 bits per heavy atom. The van der Waals surface area contributed by atoms with Crippen LogP contribution in [0.4, 0.5) is 0 Å². The molecule has 8 heteroatoms. The molecule has 0 saturated heterocycles. The van der Waals surface area contributed by atoms with Gasteiger partial charge in [-0.3, -0.25) is 9.78 Å². The number of aliphatic hydroxyl groups excluding tert-OH is 1. The molecule has 1 fully saturated rings. The molecule has 5 rings (SSSR count). The molecule has 4 unspecified atom stereocenters. The number of nitrogens with zero attached hydrogens (tertiary/aromatic N) is 1. The van der Waals surface area contributed by atoms with Gasteiger partial charge in [-0.15, -0.1) is 0 Å². The van der Waals surface area contributed by atoms with E-state index in [0.717, 1.165) is 10.0 Å². The lowest BCUT2D eigenvalue weighted by Crippen LogP contribution is -2.52. The van der Waals surface area contributed by atoms with E-state index < -0.39 is 29.1 Å². The highest BCUT2D eigenvalue weighted by Gasteiger charge is 2.78. The predicted molar refractivity (Wildman–Crippen MR) is 128 cm³/mol. The molecule has 3 N–H and O–H groups in total. The number of halogens is 1. The summed E-state index contributed by atoms with van der Waals surface area (Å²) >= 11 is 3.47. The van der Waals surface area contributed by atoms with E-state index in [-0.39, 0.29) is 17.2 Å². The van der Waals surface area contributed by atoms with Crippen LogP contribution in [0.25, 0.3) is 0 Å². The van der Waals surface area contributed by atoms with E-state index in [1.54, 1.807) is 0 Å². The average molecular weight is 525 g/mol. The summed E-state index contributed by atoms with van der Waals surface area (Å²) in [4.78, 5) is 17.6. The van der Waals surface area contributed by atoms with Crippen LogP contribution in [0.2, 0.25) is 0 Å². The van der Waals surface area contributed by atoms with Gasteiger partial charge in [0.1, 0.15) is 17.6 Å². The molecular formula is C26H25BrN2O5. The predicted octanol–water partition coefficient (Wildman–Crippen LogP) is 3.24. The average Bonchev–Trinajstić information content (AvgIpc) is 3.23. The molecule has 2 aromatic carbocycles. The van der Waals surface area contributed by atoms with Gasteiger partial charge in [0.25, 0.3) is 0 Å². The molecule has 7 nitrogen and oxygen atoms in total. The Morgan fingerprint density at radius 3 is 2.53 bits per heavy atom. The summed E-state index contributed by atoms with van der Waals surface area (Å²) in [7, 11) is 1.47. The van der Waals surface area contributed by atoms with Crippen LogP contribution in [0, 0.1) is 5.92 Å². The second kappa shape index (κ2) is 8.37. The van der Waals surface area contributed by atoms with E-state index in [9.17, 15) is 15.0 Å². The molecule has 2 aliphatic rings. The summed E-state index contributed by atoms with van der Waals surface area (Å²) in [6.45, 7) is 2.20. The summed E-state index contributed by atoms with van der Waals surface area (Å²) in [5, 5.41) is 27.2. The smallest absolute Gasteiger partial charge is 0.226 e. The number of carbonyl (C=O) groups is 1. The minimum Gasteiger partial charge on any atom is -0.495 e. The minimum absolute atomic E-state index is 0.279. The first-order valence-electron chi connectivity index (χ1n) is 11.1. The van der Waals surface area contributed by atoms with Gasteiger partial charge in [0.05, 0.1) is 31.0 Å². The number of rotatable bonds is 5. The van der Waals surface area contributed by atoms with Crippen LogP contribution in [0.5, 0.6) is 11.5 Å². The van der Waals surface area contributed by atoms with Crippen molar-refractivity contribution in [2.75, 3.05) is 13.7 Å². The number of pyridine rings is 1. The van der Waals surface area contributed by atoms with Crippen LogP contribution in [-0.2, 0) is 16.0 Å². The third-order valence-electron chi connectivity index (χ3n) is 6.97. The molecule has 0 radical (unpaired) electrons. The Balaban J connectivity index is 1.87. The van der Waals surface area contributed by atoms with Gasteiger partial charge in [0, 0.05) is 16.9 Å². The Kier molecular flexibility index (Phi) is 5.62. The number of ether oxygens (including phenoxy) is 2. The molecule has 1 aromatic heterocycles. The first-order chi connectivity index (χ1) is 16.4. The Morgan fingerprint density at radius 1 is 1.18 bits per heavy atom. The molecule has 5 atom stereocenters. The second-order valence-corrected chi connectivity index (χ2v) is 9.50. The first kappa shape index (κ1) is 22.8. The number of benzene rings is 2. The van der Waals surface area contributed by atoms with Crippen LogP contribution in [-0.4, -0.2) is 40.9 Å². The molecule has 176 valence electrons. The van der Waals surface area contributed by atoms with Crippen molar-refractivity contribution in [3.63, 3.8) is 0 Å². The SMILES string of the molecule is CCNC(=O)C1C(c2ccccc2)C2(c3ccc(Br)cc3)Oc3cncc(OC)c3C2(O)[C@@H]1O. The van der Waals surface area contributed by atoms with Crippen molar-refractivity contribution < 1.29 is 24.5 Å². The maximum Gasteiger partial charge on any atom is 0.226 e. The van der Waals surface area contributed by atoms with Gasteiger partial charge < -0.3 is 25.0 Å². The van der Waals surface area contributed by atoms with Gasteiger partial charge in [-0.1, -0.05) is 58.4 Å². The fourth-order valence-corrected chi connectivity index (χ4v) is 5.94. The molecule has 3 aromatic rings. The van der Waals surface area contributed by atoms with E-state index in [1.807, 2.05) is 61.5 Å². The summed E-state index contributed by atoms with van der Waals surface area (Å²) in [6.07, 6.45) is 1.48. The first-order valence-corrected chi connectivity index (χ1v) is 11.9. The minimum atomic E-state index is -2.00. The Bertz CT molecular complexity index is 1220. The number of nitrogens with one attached hydrogen (secondary N) is 1. The Hall–Kier alpha value is -2.94. The number of aromatic nitrogens is 1. The van der Waals surface area contributed by atoms with E-state index in [4.69, 9.17) is 9.47 Å². The molecule has 0 bridgehead atoms. The summed E-state index contributed by atoms with van der Waals surface area (Å²) in [5.74, 6) is -1.50. The van der Waals surface area contributed by atoms with Crippen LogP contribution in [0.15, 0.2) is 71.5 Å². The zero-order valence-corrected chi connectivity index (χ0v) is 20.3. The summed E-state index contributed by atoms with van der Waals surface area (Å²) in [5.41, 5.74) is -1.86. The van der Waals surface area contributed by atoms with Crippen molar-refractivity contribution in [2.45, 2.75) is 30.1 Å². The highest BCUT2D eigenvalue weighted by Crippen LogP contribution is 2.69. The Labute approximate surface area is 205 Å². The van der Waals surface area contributed by atoms with Crippen LogP contribution < -0.4 is 14.8 Å². The molecule has 34 heavy (non-hydrogen) atoms. The van der Waals surface area contributed by atoms with Crippen molar-refractivity contribution in [1.82, 2.24) is 10.3 Å². The number of hydrogen-bond acceptors (Lipinski definition) is 6. The highest BCUT2D eigenvalue weighted by molar-refractivity contribution is 9.10. The lowest BCUT2D eigenvalue weighted by Gasteiger charge is -2.40. The van der Waals surface area contributed by atoms with E-state index in [2.05, 4.69) is 26.2 Å². The van der Waals surface area contributed by atoms with Gasteiger partial charge in [-0.25, -0.2) is 0 Å². The summed E-state index contributed by atoms with van der Waals surface area (Å²) < 4.78 is 13.0. The van der Waals surface area contributed by atoms with Gasteiger partial charge in [0.2, 0.25) is 5.91 Å². The van der Waals surface area contributed by atoms with Crippen LogP contribution in [0.3, 0.4) is 0 Å². The van der Waals surface area contributed by atoms with Crippen molar-refractivity contribution in [3.05, 3.63) is 88.2 Å². The maximum absolute atomic E-state index is 13.4. The zero-order chi connectivity index (χ0) is 24.1. The monoisotopic (exact) mass is 524 g/mol. The van der Waals surface area contributed by atoms with E-state index >= 15 is 0 Å². The van der Waals surface area contributed by atoms with Crippen LogP contribution in [0.1, 0.15) is 29.5 Å². The number of amides is 1. The molecule has 1 amide bonds. The molecule has 1 saturated carbocycles. The van der Waals surface area contributed by atoms with Gasteiger partial charge in [-0.2, -0.15) is 0 Å². The number of hydrogen-bond donors (Lipinski definition) is 3. The van der Waals surface area contributed by atoms with Crippen molar-refractivity contribution in [2.24, 2.45) is 5.92 Å². The largest absolute Gasteiger partial charge is 0.495 e. The topological polar surface area (TPSA) is 101 Å². The third-order valence-corrected chi connectivity index (χ3v) is 7.49. The lowest BCUT2D eigenvalue weighted by atomic mass is 9.70. The molecule has 0 spiro atoms. The fraction of sp³-hybridized carbons (Fsp3) is 0.308. The van der Waals surface area contributed by atoms with Gasteiger partial charge in [0.15, 0.2) is 11.2 Å². The third kappa shape index (κ3) is 2.95. The number of methoxy groups -OCH3 is 1. The van der Waals surface area contributed by atoms with E-state index in [1.165, 1.54) is 19.5 Å². The highest BCUT2D eigenvalue weighted by atomic mass is 79.9. The van der Waals surface area contributed by atoms with Gasteiger partial charge >= 0.3 is 0 Å². The fourth-order valence-electron chi connectivity index (χ4n) is 5.68.